The third-order valence-corrected chi connectivity index (χ3v) is 4.71. The average molecular weight is 298 g/mol. The Morgan fingerprint density at radius 3 is 2.77 bits per heavy atom. The van der Waals surface area contributed by atoms with Crippen LogP contribution < -0.4 is 5.32 Å². The highest BCUT2D eigenvalue weighted by molar-refractivity contribution is 5.93. The van der Waals surface area contributed by atoms with Crippen molar-refractivity contribution >= 4 is 16.9 Å². The molecule has 1 amide bonds. The van der Waals surface area contributed by atoms with E-state index in [1.807, 2.05) is 22.8 Å². The van der Waals surface area contributed by atoms with Crippen molar-refractivity contribution < 1.29 is 4.79 Å². The van der Waals surface area contributed by atoms with Crippen molar-refractivity contribution in [3.05, 3.63) is 36.0 Å². The molecule has 1 aromatic carbocycles. The highest BCUT2D eigenvalue weighted by Gasteiger charge is 2.19. The number of aromatic nitrogens is 1. The summed E-state index contributed by atoms with van der Waals surface area (Å²) in [4.78, 5) is 12.8. The van der Waals surface area contributed by atoms with Crippen LogP contribution in [0.25, 0.3) is 10.9 Å². The molecule has 1 aliphatic carbocycles. The van der Waals surface area contributed by atoms with E-state index < -0.39 is 0 Å². The van der Waals surface area contributed by atoms with Gasteiger partial charge in [-0.25, -0.2) is 4.79 Å². The average Bonchev–Trinajstić information content (AvgIpc) is 2.92. The molecule has 1 aliphatic rings. The number of hydrogen-bond donors (Lipinski definition) is 1. The lowest BCUT2D eigenvalue weighted by Crippen LogP contribution is -2.39. The number of fused-ring (bicyclic) bond motifs is 1. The van der Waals surface area contributed by atoms with Gasteiger partial charge in [-0.15, -0.1) is 0 Å². The summed E-state index contributed by atoms with van der Waals surface area (Å²) in [7, 11) is 0. The number of aryl methyl sites for hydroxylation is 1. The molecule has 118 valence electrons. The number of rotatable bonds is 4. The molecule has 0 atom stereocenters. The predicted octanol–water partition coefficient (Wildman–Crippen LogP) is 4.87. The van der Waals surface area contributed by atoms with E-state index in [0.29, 0.717) is 6.04 Å². The number of nitrogens with zero attached hydrogens (tertiary/aromatic N) is 1. The highest BCUT2D eigenvalue weighted by Crippen LogP contribution is 2.22. The molecular weight excluding hydrogens is 272 g/mol. The second-order valence-corrected chi connectivity index (χ2v) is 6.42. The summed E-state index contributed by atoms with van der Waals surface area (Å²) < 4.78 is 1.90. The number of carbonyl (C=O) groups excluding carboxylic acids is 1. The van der Waals surface area contributed by atoms with Crippen LogP contribution >= 0.6 is 0 Å². The maximum atomic E-state index is 12.8. The van der Waals surface area contributed by atoms with Crippen LogP contribution in [0.3, 0.4) is 0 Å². The van der Waals surface area contributed by atoms with Crippen LogP contribution in [-0.4, -0.2) is 16.6 Å². The third-order valence-electron chi connectivity index (χ3n) is 4.71. The predicted molar refractivity (Wildman–Crippen MR) is 91.4 cm³/mol. The third kappa shape index (κ3) is 3.18. The molecule has 1 saturated carbocycles. The van der Waals surface area contributed by atoms with Gasteiger partial charge in [0.1, 0.15) is 0 Å². The fourth-order valence-corrected chi connectivity index (χ4v) is 3.48. The minimum Gasteiger partial charge on any atom is -0.335 e. The van der Waals surface area contributed by atoms with Crippen molar-refractivity contribution in [1.82, 2.24) is 9.88 Å². The van der Waals surface area contributed by atoms with Gasteiger partial charge in [-0.3, -0.25) is 4.57 Å². The number of benzene rings is 1. The highest BCUT2D eigenvalue weighted by atomic mass is 16.2. The maximum absolute atomic E-state index is 12.8. The van der Waals surface area contributed by atoms with E-state index in [4.69, 9.17) is 0 Å². The Hall–Kier alpha value is -1.77. The molecule has 1 fully saturated rings. The van der Waals surface area contributed by atoms with Crippen molar-refractivity contribution in [2.24, 2.45) is 0 Å². The van der Waals surface area contributed by atoms with E-state index in [1.54, 1.807) is 0 Å². The summed E-state index contributed by atoms with van der Waals surface area (Å²) in [6.45, 7) is 2.19. The van der Waals surface area contributed by atoms with E-state index in [9.17, 15) is 4.79 Å². The zero-order chi connectivity index (χ0) is 15.4. The Kier molecular flexibility index (Phi) is 4.81. The molecule has 0 spiro atoms. The SMILES string of the molecule is CCCCc1cc2ccccc2n1C(=O)NC1CCCCC1. The Bertz CT molecular complexity index is 638. The lowest BCUT2D eigenvalue weighted by atomic mass is 9.96. The topological polar surface area (TPSA) is 34.0 Å². The number of para-hydroxylation sites is 1. The molecule has 0 unspecified atom stereocenters. The molecule has 1 aromatic heterocycles. The normalized spacial score (nSPS) is 16.0. The lowest BCUT2D eigenvalue weighted by Gasteiger charge is -2.23. The van der Waals surface area contributed by atoms with Crippen molar-refractivity contribution in [3.63, 3.8) is 0 Å². The molecule has 1 N–H and O–H groups in total. The van der Waals surface area contributed by atoms with E-state index in [1.165, 1.54) is 19.3 Å². The number of hydrogen-bond acceptors (Lipinski definition) is 1. The van der Waals surface area contributed by atoms with Crippen molar-refractivity contribution in [2.75, 3.05) is 0 Å². The van der Waals surface area contributed by atoms with Crippen LogP contribution in [0.15, 0.2) is 30.3 Å². The molecule has 3 rings (SSSR count). The summed E-state index contributed by atoms with van der Waals surface area (Å²) in [5.74, 6) is 0. The number of amides is 1. The molecule has 0 bridgehead atoms. The maximum Gasteiger partial charge on any atom is 0.326 e. The summed E-state index contributed by atoms with van der Waals surface area (Å²) in [5.41, 5.74) is 2.17. The molecule has 2 aromatic rings. The first kappa shape index (κ1) is 15.1. The Morgan fingerprint density at radius 1 is 1.23 bits per heavy atom. The fraction of sp³-hybridized carbons (Fsp3) is 0.526. The molecular formula is C19H26N2O. The number of carbonyl (C=O) groups is 1. The lowest BCUT2D eigenvalue weighted by molar-refractivity contribution is 0.234. The summed E-state index contributed by atoms with van der Waals surface area (Å²) in [6.07, 6.45) is 9.24. The van der Waals surface area contributed by atoms with Gasteiger partial charge in [0, 0.05) is 17.1 Å². The fourth-order valence-electron chi connectivity index (χ4n) is 3.48. The summed E-state index contributed by atoms with van der Waals surface area (Å²) >= 11 is 0. The Balaban J connectivity index is 1.87. The second-order valence-electron chi connectivity index (χ2n) is 6.42. The van der Waals surface area contributed by atoms with Crippen LogP contribution in [-0.2, 0) is 6.42 Å². The number of nitrogens with one attached hydrogen (secondary N) is 1. The molecule has 0 radical (unpaired) electrons. The van der Waals surface area contributed by atoms with E-state index in [2.05, 4.69) is 24.4 Å². The second kappa shape index (κ2) is 6.99. The van der Waals surface area contributed by atoms with Gasteiger partial charge in [0.15, 0.2) is 0 Å². The smallest absolute Gasteiger partial charge is 0.326 e. The molecule has 3 heteroatoms. The standard InChI is InChI=1S/C19H26N2O/c1-2-3-12-17-14-15-9-7-8-13-18(15)21(17)19(22)20-16-10-5-4-6-11-16/h7-9,13-14,16H,2-6,10-12H2,1H3,(H,20,22). The molecule has 0 aliphatic heterocycles. The molecule has 22 heavy (non-hydrogen) atoms. The van der Waals surface area contributed by atoms with Gasteiger partial charge in [-0.2, -0.15) is 0 Å². The zero-order valence-corrected chi connectivity index (χ0v) is 13.5. The van der Waals surface area contributed by atoms with E-state index in [-0.39, 0.29) is 6.03 Å². The first-order chi connectivity index (χ1) is 10.8. The zero-order valence-electron chi connectivity index (χ0n) is 13.5. The van der Waals surface area contributed by atoms with Crippen LogP contribution in [0.1, 0.15) is 57.6 Å². The van der Waals surface area contributed by atoms with E-state index >= 15 is 0 Å². The summed E-state index contributed by atoms with van der Waals surface area (Å²) in [5, 5.41) is 4.41. The molecule has 3 nitrogen and oxygen atoms in total. The Morgan fingerprint density at radius 2 is 2.00 bits per heavy atom. The van der Waals surface area contributed by atoms with Crippen molar-refractivity contribution in [2.45, 2.75) is 64.3 Å². The summed E-state index contributed by atoms with van der Waals surface area (Å²) in [6, 6.07) is 10.8. The van der Waals surface area contributed by atoms with Crippen molar-refractivity contribution in [1.29, 1.82) is 0 Å². The van der Waals surface area contributed by atoms with Crippen LogP contribution in [0.4, 0.5) is 4.79 Å². The largest absolute Gasteiger partial charge is 0.335 e. The first-order valence-corrected chi connectivity index (χ1v) is 8.70. The van der Waals surface area contributed by atoms with Gasteiger partial charge < -0.3 is 5.32 Å². The molecule has 0 saturated heterocycles. The minimum absolute atomic E-state index is 0.0548. The monoisotopic (exact) mass is 298 g/mol. The van der Waals surface area contributed by atoms with Crippen molar-refractivity contribution in [3.8, 4) is 0 Å². The minimum atomic E-state index is 0.0548. The van der Waals surface area contributed by atoms with Gasteiger partial charge in [0.2, 0.25) is 0 Å². The van der Waals surface area contributed by atoms with Gasteiger partial charge in [-0.1, -0.05) is 50.8 Å². The Labute approximate surface area is 132 Å². The number of unbranched alkanes of at least 4 members (excludes halogenated alkanes) is 1. The molecule has 1 heterocycles. The van der Waals surface area contributed by atoms with Crippen LogP contribution in [0, 0.1) is 0 Å². The quantitative estimate of drug-likeness (QED) is 0.858. The van der Waals surface area contributed by atoms with Crippen LogP contribution in [0.2, 0.25) is 0 Å². The van der Waals surface area contributed by atoms with Gasteiger partial charge in [0.05, 0.1) is 5.52 Å². The van der Waals surface area contributed by atoms with Crippen LogP contribution in [0.5, 0.6) is 0 Å². The van der Waals surface area contributed by atoms with Gasteiger partial charge in [0.25, 0.3) is 0 Å². The van der Waals surface area contributed by atoms with Gasteiger partial charge in [-0.05, 0) is 37.8 Å². The first-order valence-electron chi connectivity index (χ1n) is 8.70. The van der Waals surface area contributed by atoms with E-state index in [0.717, 1.165) is 48.7 Å². The van der Waals surface area contributed by atoms with Gasteiger partial charge >= 0.3 is 6.03 Å².